The highest BCUT2D eigenvalue weighted by atomic mass is 19.1. The molecular weight excluding hydrogens is 133 g/mol. The van der Waals surface area contributed by atoms with E-state index >= 15 is 0 Å². The normalized spacial score (nSPS) is 10.2. The van der Waals surface area contributed by atoms with Crippen molar-refractivity contribution in [3.8, 4) is 0 Å². The second-order valence-electron chi connectivity index (χ2n) is 2.02. The molecule has 0 spiro atoms. The molecule has 0 N–H and O–H groups in total. The molecule has 0 fully saturated rings. The van der Waals surface area contributed by atoms with Crippen LogP contribution in [0.5, 0.6) is 0 Å². The van der Waals surface area contributed by atoms with E-state index in [-0.39, 0.29) is 6.67 Å². The Morgan fingerprint density at radius 3 is 3.00 bits per heavy atom. The molecular formula is C6H10FN3. The van der Waals surface area contributed by atoms with Crippen LogP contribution in [-0.4, -0.2) is 21.7 Å². The van der Waals surface area contributed by atoms with E-state index in [9.17, 15) is 4.39 Å². The fourth-order valence-corrected chi connectivity index (χ4v) is 0.696. The first-order valence-corrected chi connectivity index (χ1v) is 3.31. The molecule has 56 valence electrons. The van der Waals surface area contributed by atoms with Gasteiger partial charge in [-0.1, -0.05) is 12.1 Å². The number of nitrogens with zero attached hydrogens (tertiary/aromatic N) is 3. The molecule has 10 heavy (non-hydrogen) atoms. The van der Waals surface area contributed by atoms with Gasteiger partial charge in [-0.2, -0.15) is 0 Å². The minimum atomic E-state index is -0.382. The molecule has 1 heterocycles. The third-order valence-electron chi connectivity index (χ3n) is 1.26. The van der Waals surface area contributed by atoms with Crippen molar-refractivity contribution in [1.29, 1.82) is 0 Å². The van der Waals surface area contributed by atoms with Gasteiger partial charge < -0.3 is 0 Å². The van der Waals surface area contributed by atoms with E-state index in [0.29, 0.717) is 6.54 Å². The van der Waals surface area contributed by atoms with Gasteiger partial charge in [-0.15, -0.1) is 5.10 Å². The van der Waals surface area contributed by atoms with Gasteiger partial charge in [-0.3, -0.25) is 0 Å². The van der Waals surface area contributed by atoms with Gasteiger partial charge in [0.05, 0.1) is 12.2 Å². The summed E-state index contributed by atoms with van der Waals surface area (Å²) in [6.07, 6.45) is 2.62. The molecule has 3 nitrogen and oxygen atoms in total. The summed E-state index contributed by atoms with van der Waals surface area (Å²) in [6, 6.07) is 0. The summed E-state index contributed by atoms with van der Waals surface area (Å²) in [4.78, 5) is 0. The Hall–Kier alpha value is -0.930. The van der Waals surface area contributed by atoms with Crippen molar-refractivity contribution in [2.24, 2.45) is 0 Å². The maximum absolute atomic E-state index is 11.7. The summed E-state index contributed by atoms with van der Waals surface area (Å²) in [6.45, 7) is 1.92. The van der Waals surface area contributed by atoms with Crippen molar-refractivity contribution in [3.05, 3.63) is 11.9 Å². The number of hydrogen-bond acceptors (Lipinski definition) is 2. The topological polar surface area (TPSA) is 30.7 Å². The maximum Gasteiger partial charge on any atom is 0.109 e. The Bertz CT molecular complexity index is 197. The maximum atomic E-state index is 11.7. The zero-order valence-electron chi connectivity index (χ0n) is 5.92. The predicted octanol–water partition coefficient (Wildman–Crippen LogP) is 0.810. The van der Waals surface area contributed by atoms with Crippen LogP contribution in [0.15, 0.2) is 6.20 Å². The average Bonchev–Trinajstić information content (AvgIpc) is 2.37. The van der Waals surface area contributed by atoms with Crippen LogP contribution in [0.4, 0.5) is 4.39 Å². The Morgan fingerprint density at radius 1 is 1.70 bits per heavy atom. The number of rotatable bonds is 3. The van der Waals surface area contributed by atoms with Crippen LogP contribution in [0.1, 0.15) is 12.6 Å². The molecule has 0 bridgehead atoms. The summed E-state index contributed by atoms with van der Waals surface area (Å²) in [5, 5.41) is 7.50. The number of aryl methyl sites for hydroxylation is 2. The minimum Gasteiger partial charge on any atom is -0.250 e. The van der Waals surface area contributed by atoms with Gasteiger partial charge >= 0.3 is 0 Å². The molecule has 1 aromatic rings. The average molecular weight is 143 g/mol. The van der Waals surface area contributed by atoms with E-state index in [1.54, 1.807) is 6.20 Å². The number of aromatic nitrogens is 3. The Balaban J connectivity index is 2.59. The van der Waals surface area contributed by atoms with Crippen molar-refractivity contribution in [1.82, 2.24) is 15.0 Å². The molecule has 0 amide bonds. The largest absolute Gasteiger partial charge is 0.250 e. The molecule has 0 atom stereocenters. The van der Waals surface area contributed by atoms with Crippen molar-refractivity contribution < 1.29 is 4.39 Å². The molecule has 0 aromatic carbocycles. The fraction of sp³-hybridized carbons (Fsp3) is 0.667. The molecule has 0 aliphatic carbocycles. The lowest BCUT2D eigenvalue weighted by molar-refractivity contribution is 0.422. The lowest BCUT2D eigenvalue weighted by Crippen LogP contribution is -1.99. The van der Waals surface area contributed by atoms with Crippen LogP contribution in [0, 0.1) is 0 Å². The molecule has 1 aromatic heterocycles. The van der Waals surface area contributed by atoms with Crippen LogP contribution in [0.3, 0.4) is 0 Å². The number of hydrogen-bond donors (Lipinski definition) is 0. The van der Waals surface area contributed by atoms with E-state index < -0.39 is 0 Å². The highest BCUT2D eigenvalue weighted by Crippen LogP contribution is 1.92. The van der Waals surface area contributed by atoms with Crippen molar-refractivity contribution in [2.75, 3.05) is 6.67 Å². The first-order valence-electron chi connectivity index (χ1n) is 3.31. The number of halogens is 1. The van der Waals surface area contributed by atoms with E-state index in [0.717, 1.165) is 12.1 Å². The molecule has 0 saturated heterocycles. The van der Waals surface area contributed by atoms with E-state index in [4.69, 9.17) is 0 Å². The van der Waals surface area contributed by atoms with Crippen LogP contribution >= 0.6 is 0 Å². The summed E-state index contributed by atoms with van der Waals surface area (Å²) in [7, 11) is 0. The third kappa shape index (κ3) is 1.52. The quantitative estimate of drug-likeness (QED) is 0.626. The van der Waals surface area contributed by atoms with Crippen molar-refractivity contribution >= 4 is 0 Å². The molecule has 0 unspecified atom stereocenters. The number of alkyl halides is 1. The standard InChI is InChI=1S/C6H10FN3/c1-2-6-5-10(4-3-7)9-8-6/h5H,2-4H2,1H3. The Morgan fingerprint density at radius 2 is 2.50 bits per heavy atom. The first kappa shape index (κ1) is 7.18. The fourth-order valence-electron chi connectivity index (χ4n) is 0.696. The first-order chi connectivity index (χ1) is 4.86. The van der Waals surface area contributed by atoms with Gasteiger partial charge in [0.15, 0.2) is 0 Å². The lowest BCUT2D eigenvalue weighted by Gasteiger charge is -1.89. The highest BCUT2D eigenvalue weighted by molar-refractivity contribution is 4.90. The van der Waals surface area contributed by atoms with Crippen LogP contribution in [-0.2, 0) is 13.0 Å². The van der Waals surface area contributed by atoms with Crippen LogP contribution < -0.4 is 0 Å². The zero-order chi connectivity index (χ0) is 7.40. The van der Waals surface area contributed by atoms with Crippen molar-refractivity contribution in [2.45, 2.75) is 19.9 Å². The van der Waals surface area contributed by atoms with Crippen LogP contribution in [0.2, 0.25) is 0 Å². The highest BCUT2D eigenvalue weighted by Gasteiger charge is 1.95. The van der Waals surface area contributed by atoms with Gasteiger partial charge in [-0.05, 0) is 6.42 Å². The van der Waals surface area contributed by atoms with Gasteiger partial charge in [0, 0.05) is 6.20 Å². The summed E-state index contributed by atoms with van der Waals surface area (Å²) in [5.74, 6) is 0. The molecule has 0 aliphatic heterocycles. The Kier molecular flexibility index (Phi) is 2.36. The second kappa shape index (κ2) is 3.29. The van der Waals surface area contributed by atoms with Crippen LogP contribution in [0.25, 0.3) is 0 Å². The van der Waals surface area contributed by atoms with E-state index in [1.165, 1.54) is 4.68 Å². The van der Waals surface area contributed by atoms with E-state index in [2.05, 4.69) is 10.3 Å². The summed E-state index contributed by atoms with van der Waals surface area (Å²) in [5.41, 5.74) is 0.911. The summed E-state index contributed by atoms with van der Waals surface area (Å²) < 4.78 is 13.2. The second-order valence-corrected chi connectivity index (χ2v) is 2.02. The molecule has 0 aliphatic rings. The van der Waals surface area contributed by atoms with Crippen molar-refractivity contribution in [3.63, 3.8) is 0 Å². The molecule has 0 saturated carbocycles. The third-order valence-corrected chi connectivity index (χ3v) is 1.26. The van der Waals surface area contributed by atoms with Gasteiger partial charge in [0.25, 0.3) is 0 Å². The molecule has 0 radical (unpaired) electrons. The Labute approximate surface area is 58.9 Å². The zero-order valence-corrected chi connectivity index (χ0v) is 5.92. The predicted molar refractivity (Wildman–Crippen MR) is 35.4 cm³/mol. The van der Waals surface area contributed by atoms with Gasteiger partial charge in [0.2, 0.25) is 0 Å². The lowest BCUT2D eigenvalue weighted by atomic mass is 10.4. The molecule has 1 rings (SSSR count). The van der Waals surface area contributed by atoms with Gasteiger partial charge in [-0.25, -0.2) is 9.07 Å². The minimum absolute atomic E-state index is 0.312. The molecule has 4 heteroatoms. The SMILES string of the molecule is CCc1cn(CCF)nn1. The van der Waals surface area contributed by atoms with Gasteiger partial charge in [0.1, 0.15) is 6.67 Å². The monoisotopic (exact) mass is 143 g/mol. The smallest absolute Gasteiger partial charge is 0.109 e. The van der Waals surface area contributed by atoms with E-state index in [1.807, 2.05) is 6.92 Å². The summed E-state index contributed by atoms with van der Waals surface area (Å²) >= 11 is 0.